The van der Waals surface area contributed by atoms with Crippen LogP contribution < -0.4 is 4.90 Å². The van der Waals surface area contributed by atoms with E-state index in [0.29, 0.717) is 6.54 Å². The SMILES string of the molecule is CC(CN(CC(=O)N1CCCCC1)c1ccccc1)C(=O)O. The molecule has 2 rings (SSSR count). The van der Waals surface area contributed by atoms with Gasteiger partial charge in [0, 0.05) is 25.3 Å². The zero-order chi connectivity index (χ0) is 15.9. The molecule has 0 aliphatic carbocycles. The molecule has 1 heterocycles. The van der Waals surface area contributed by atoms with E-state index in [1.54, 1.807) is 6.92 Å². The number of anilines is 1. The number of likely N-dealkylation sites (tertiary alicyclic amines) is 1. The smallest absolute Gasteiger partial charge is 0.308 e. The topological polar surface area (TPSA) is 60.9 Å². The number of carboxylic acids is 1. The van der Waals surface area contributed by atoms with Gasteiger partial charge in [-0.15, -0.1) is 0 Å². The van der Waals surface area contributed by atoms with Crippen molar-refractivity contribution in [1.82, 2.24) is 4.90 Å². The van der Waals surface area contributed by atoms with Gasteiger partial charge < -0.3 is 14.9 Å². The first-order chi connectivity index (χ1) is 10.6. The van der Waals surface area contributed by atoms with Gasteiger partial charge in [-0.2, -0.15) is 0 Å². The minimum atomic E-state index is -0.841. The Morgan fingerprint density at radius 2 is 1.82 bits per heavy atom. The standard InChI is InChI=1S/C17H24N2O3/c1-14(17(21)22)12-19(15-8-4-2-5-9-15)13-16(20)18-10-6-3-7-11-18/h2,4-5,8-9,14H,3,6-7,10-13H2,1H3,(H,21,22). The fourth-order valence-electron chi connectivity index (χ4n) is 2.72. The van der Waals surface area contributed by atoms with E-state index >= 15 is 0 Å². The van der Waals surface area contributed by atoms with Crippen LogP contribution in [0.25, 0.3) is 0 Å². The predicted octanol–water partition coefficient (Wildman–Crippen LogP) is 2.23. The van der Waals surface area contributed by atoms with E-state index in [2.05, 4.69) is 0 Å². The second-order valence-corrected chi connectivity index (χ2v) is 5.90. The van der Waals surface area contributed by atoms with Gasteiger partial charge in [0.15, 0.2) is 0 Å². The van der Waals surface area contributed by atoms with Gasteiger partial charge in [0.2, 0.25) is 5.91 Å². The van der Waals surface area contributed by atoms with Crippen molar-refractivity contribution in [2.24, 2.45) is 5.92 Å². The molecule has 0 saturated carbocycles. The van der Waals surface area contributed by atoms with Crippen molar-refractivity contribution in [3.63, 3.8) is 0 Å². The van der Waals surface area contributed by atoms with Gasteiger partial charge in [-0.1, -0.05) is 25.1 Å². The van der Waals surface area contributed by atoms with Crippen molar-refractivity contribution in [2.75, 3.05) is 31.1 Å². The van der Waals surface area contributed by atoms with Crippen molar-refractivity contribution in [1.29, 1.82) is 0 Å². The van der Waals surface area contributed by atoms with E-state index in [9.17, 15) is 9.59 Å². The molecule has 1 saturated heterocycles. The van der Waals surface area contributed by atoms with E-state index in [1.807, 2.05) is 40.1 Å². The summed E-state index contributed by atoms with van der Waals surface area (Å²) in [5.41, 5.74) is 0.890. The van der Waals surface area contributed by atoms with Crippen LogP contribution in [-0.2, 0) is 9.59 Å². The average molecular weight is 304 g/mol. The zero-order valence-corrected chi connectivity index (χ0v) is 13.1. The number of benzene rings is 1. The summed E-state index contributed by atoms with van der Waals surface area (Å²) in [4.78, 5) is 27.4. The third-order valence-corrected chi connectivity index (χ3v) is 4.07. The summed E-state index contributed by atoms with van der Waals surface area (Å²) >= 11 is 0. The number of para-hydroxylation sites is 1. The fourth-order valence-corrected chi connectivity index (χ4v) is 2.72. The first-order valence-electron chi connectivity index (χ1n) is 7.88. The second-order valence-electron chi connectivity index (χ2n) is 5.90. The summed E-state index contributed by atoms with van der Waals surface area (Å²) in [5, 5.41) is 9.14. The van der Waals surface area contributed by atoms with Crippen LogP contribution in [0.4, 0.5) is 5.69 Å². The second kappa shape index (κ2) is 7.82. The third-order valence-electron chi connectivity index (χ3n) is 4.07. The molecule has 0 spiro atoms. The Morgan fingerprint density at radius 3 is 2.41 bits per heavy atom. The van der Waals surface area contributed by atoms with Gasteiger partial charge in [0.25, 0.3) is 0 Å². The molecule has 1 atom stereocenters. The normalized spacial score (nSPS) is 16.1. The van der Waals surface area contributed by atoms with Gasteiger partial charge in [-0.25, -0.2) is 0 Å². The Labute approximate surface area is 131 Å². The molecular weight excluding hydrogens is 280 g/mol. The van der Waals surface area contributed by atoms with Gasteiger partial charge >= 0.3 is 5.97 Å². The van der Waals surface area contributed by atoms with Gasteiger partial charge in [-0.3, -0.25) is 9.59 Å². The Balaban J connectivity index is 2.06. The Bertz CT molecular complexity index is 498. The maximum Gasteiger partial charge on any atom is 0.308 e. The predicted molar refractivity (Wildman–Crippen MR) is 85.9 cm³/mol. The summed E-state index contributed by atoms with van der Waals surface area (Å²) in [5.74, 6) is -1.28. The monoisotopic (exact) mass is 304 g/mol. The molecular formula is C17H24N2O3. The van der Waals surface area contributed by atoms with Gasteiger partial charge in [0.05, 0.1) is 12.5 Å². The summed E-state index contributed by atoms with van der Waals surface area (Å²) in [7, 11) is 0. The Kier molecular flexibility index (Phi) is 5.81. The number of piperidine rings is 1. The molecule has 1 N–H and O–H groups in total. The molecule has 22 heavy (non-hydrogen) atoms. The molecule has 5 heteroatoms. The summed E-state index contributed by atoms with van der Waals surface area (Å²) < 4.78 is 0. The highest BCUT2D eigenvalue weighted by molar-refractivity contribution is 5.82. The maximum atomic E-state index is 12.5. The lowest BCUT2D eigenvalue weighted by Gasteiger charge is -2.31. The Hall–Kier alpha value is -2.04. The quantitative estimate of drug-likeness (QED) is 0.875. The van der Waals surface area contributed by atoms with Crippen molar-refractivity contribution in [3.8, 4) is 0 Å². The first-order valence-corrected chi connectivity index (χ1v) is 7.88. The highest BCUT2D eigenvalue weighted by Crippen LogP contribution is 2.17. The number of hydrogen-bond donors (Lipinski definition) is 1. The molecule has 0 aromatic heterocycles. The lowest BCUT2D eigenvalue weighted by Crippen LogP contribution is -2.44. The third kappa shape index (κ3) is 4.48. The van der Waals surface area contributed by atoms with Crippen LogP contribution in [0.5, 0.6) is 0 Å². The number of amides is 1. The number of carbonyl (C=O) groups is 2. The molecule has 1 amide bonds. The fraction of sp³-hybridized carbons (Fsp3) is 0.529. The highest BCUT2D eigenvalue weighted by Gasteiger charge is 2.22. The Morgan fingerprint density at radius 1 is 1.18 bits per heavy atom. The summed E-state index contributed by atoms with van der Waals surface area (Å²) in [6, 6.07) is 9.54. The molecule has 0 bridgehead atoms. The molecule has 0 radical (unpaired) electrons. The van der Waals surface area contributed by atoms with Crippen LogP contribution in [-0.4, -0.2) is 48.1 Å². The molecule has 1 aliphatic heterocycles. The minimum absolute atomic E-state index is 0.0844. The van der Waals surface area contributed by atoms with Crippen LogP contribution in [0.3, 0.4) is 0 Å². The van der Waals surface area contributed by atoms with Crippen LogP contribution in [0.2, 0.25) is 0 Å². The average Bonchev–Trinajstić information content (AvgIpc) is 2.55. The molecule has 1 aliphatic rings. The number of aliphatic carboxylic acids is 1. The van der Waals surface area contributed by atoms with E-state index in [0.717, 1.165) is 31.6 Å². The van der Waals surface area contributed by atoms with Crippen LogP contribution in [0.15, 0.2) is 30.3 Å². The van der Waals surface area contributed by atoms with Gasteiger partial charge in [-0.05, 0) is 31.4 Å². The molecule has 1 fully saturated rings. The molecule has 5 nitrogen and oxygen atoms in total. The summed E-state index contributed by atoms with van der Waals surface area (Å²) in [6.07, 6.45) is 3.30. The van der Waals surface area contributed by atoms with Crippen LogP contribution >= 0.6 is 0 Å². The molecule has 120 valence electrons. The van der Waals surface area contributed by atoms with Crippen molar-refractivity contribution < 1.29 is 14.7 Å². The van der Waals surface area contributed by atoms with Crippen molar-refractivity contribution in [3.05, 3.63) is 30.3 Å². The first kappa shape index (κ1) is 16.3. The highest BCUT2D eigenvalue weighted by atomic mass is 16.4. The van der Waals surface area contributed by atoms with Crippen molar-refractivity contribution in [2.45, 2.75) is 26.2 Å². The maximum absolute atomic E-state index is 12.5. The lowest BCUT2D eigenvalue weighted by atomic mass is 10.1. The lowest BCUT2D eigenvalue weighted by molar-refractivity contribution is -0.141. The van der Waals surface area contributed by atoms with Crippen LogP contribution in [0, 0.1) is 5.92 Å². The number of rotatable bonds is 6. The number of hydrogen-bond acceptors (Lipinski definition) is 3. The number of nitrogens with zero attached hydrogens (tertiary/aromatic N) is 2. The molecule has 1 aromatic carbocycles. The van der Waals surface area contributed by atoms with E-state index in [4.69, 9.17) is 5.11 Å². The zero-order valence-electron chi connectivity index (χ0n) is 13.1. The van der Waals surface area contributed by atoms with Gasteiger partial charge in [0.1, 0.15) is 0 Å². The van der Waals surface area contributed by atoms with E-state index < -0.39 is 11.9 Å². The van der Waals surface area contributed by atoms with E-state index in [1.165, 1.54) is 6.42 Å². The largest absolute Gasteiger partial charge is 0.481 e. The van der Waals surface area contributed by atoms with Crippen LogP contribution in [0.1, 0.15) is 26.2 Å². The minimum Gasteiger partial charge on any atom is -0.481 e. The van der Waals surface area contributed by atoms with E-state index in [-0.39, 0.29) is 12.5 Å². The summed E-state index contributed by atoms with van der Waals surface area (Å²) in [6.45, 7) is 3.87. The molecule has 1 aromatic rings. The number of carbonyl (C=O) groups excluding carboxylic acids is 1. The van der Waals surface area contributed by atoms with Crippen molar-refractivity contribution >= 4 is 17.6 Å². The molecule has 1 unspecified atom stereocenters. The number of carboxylic acid groups (broad SMARTS) is 1.